The van der Waals surface area contributed by atoms with Crippen LogP contribution in [0, 0.1) is 11.6 Å². The molecule has 1 saturated carbocycles. The summed E-state index contributed by atoms with van der Waals surface area (Å²) in [5.41, 5.74) is 0.358. The second-order valence-electron chi connectivity index (χ2n) is 12.9. The van der Waals surface area contributed by atoms with Crippen molar-refractivity contribution in [3.05, 3.63) is 106 Å². The molecule has 2 amide bonds. The first-order valence-corrected chi connectivity index (χ1v) is 15.8. The quantitative estimate of drug-likeness (QED) is 0.162. The minimum atomic E-state index is -3.31. The lowest BCUT2D eigenvalue weighted by Crippen LogP contribution is -2.43. The predicted molar refractivity (Wildman–Crippen MR) is 173 cm³/mol. The van der Waals surface area contributed by atoms with Gasteiger partial charge in [0.05, 0.1) is 24.9 Å². The molecule has 10 nitrogen and oxygen atoms in total. The Morgan fingerprint density at radius 3 is 2.49 bits per heavy atom. The monoisotopic (exact) mass is 707 g/mol. The Bertz CT molecular complexity index is 2230. The molecule has 0 spiro atoms. The highest BCUT2D eigenvalue weighted by Gasteiger charge is 2.47. The van der Waals surface area contributed by atoms with Crippen molar-refractivity contribution < 1.29 is 46.1 Å². The number of halogens is 5. The molecule has 264 valence electrons. The zero-order valence-electron chi connectivity index (χ0n) is 27.1. The summed E-state index contributed by atoms with van der Waals surface area (Å²) in [7, 11) is 1.38. The smallest absolute Gasteiger partial charge is 0.266 e. The third-order valence-electron chi connectivity index (χ3n) is 9.50. The van der Waals surface area contributed by atoms with Crippen molar-refractivity contribution >= 4 is 22.7 Å². The van der Waals surface area contributed by atoms with Gasteiger partial charge in [0.2, 0.25) is 11.7 Å². The van der Waals surface area contributed by atoms with Gasteiger partial charge in [0.25, 0.3) is 12.3 Å². The average Bonchev–Trinajstić information content (AvgIpc) is 3.54. The van der Waals surface area contributed by atoms with E-state index in [1.54, 1.807) is 18.2 Å². The fourth-order valence-electron chi connectivity index (χ4n) is 6.19. The highest BCUT2D eigenvalue weighted by atomic mass is 19.3. The summed E-state index contributed by atoms with van der Waals surface area (Å²) in [4.78, 5) is 30.9. The summed E-state index contributed by atoms with van der Waals surface area (Å²) in [5, 5.41) is 19.9. The number of alkyl halides is 3. The first-order valence-electron chi connectivity index (χ1n) is 15.8. The molecule has 2 aromatic heterocycles. The fraction of sp³-hybridized carbons (Fsp3) is 0.278. The summed E-state index contributed by atoms with van der Waals surface area (Å²) in [5.74, 6) is -5.84. The third-order valence-corrected chi connectivity index (χ3v) is 9.50. The molecule has 0 radical (unpaired) electrons. The van der Waals surface area contributed by atoms with E-state index in [2.05, 4.69) is 15.4 Å². The number of primary amides is 1. The molecule has 7 rings (SSSR count). The van der Waals surface area contributed by atoms with Crippen molar-refractivity contribution in [2.24, 2.45) is 5.73 Å². The maximum absolute atomic E-state index is 15.4. The van der Waals surface area contributed by atoms with Crippen LogP contribution < -0.4 is 20.5 Å². The van der Waals surface area contributed by atoms with Crippen molar-refractivity contribution in [1.29, 1.82) is 0 Å². The van der Waals surface area contributed by atoms with E-state index in [0.29, 0.717) is 29.8 Å². The number of methoxy groups -OCH3 is 1. The largest absolute Gasteiger partial charge is 0.494 e. The first kappa shape index (κ1) is 33.9. The summed E-state index contributed by atoms with van der Waals surface area (Å²) < 4.78 is 84.5. The number of hydrogen-bond acceptors (Lipinski definition) is 7. The van der Waals surface area contributed by atoms with E-state index in [9.17, 15) is 32.3 Å². The summed E-state index contributed by atoms with van der Waals surface area (Å²) in [6.45, 7) is 0.561. The van der Waals surface area contributed by atoms with Crippen LogP contribution in [-0.2, 0) is 21.6 Å². The van der Waals surface area contributed by atoms with Gasteiger partial charge in [-0.2, -0.15) is 5.10 Å². The Labute approximate surface area is 287 Å². The zero-order chi connectivity index (χ0) is 36.5. The minimum Gasteiger partial charge on any atom is -0.494 e. The van der Waals surface area contributed by atoms with E-state index in [1.165, 1.54) is 55.2 Å². The van der Waals surface area contributed by atoms with Gasteiger partial charge in [-0.15, -0.1) is 0 Å². The number of pyridine rings is 1. The van der Waals surface area contributed by atoms with Gasteiger partial charge in [-0.05, 0) is 36.8 Å². The van der Waals surface area contributed by atoms with Gasteiger partial charge < -0.3 is 25.6 Å². The first-order chi connectivity index (χ1) is 24.2. The van der Waals surface area contributed by atoms with Gasteiger partial charge >= 0.3 is 0 Å². The number of amides is 2. The highest BCUT2D eigenvalue weighted by molar-refractivity contribution is 6.00. The minimum absolute atomic E-state index is 0.0616. The number of aromatic nitrogens is 3. The van der Waals surface area contributed by atoms with Crippen LogP contribution in [-0.4, -0.2) is 51.9 Å². The molecule has 1 fully saturated rings. The lowest BCUT2D eigenvalue weighted by Gasteiger charge is -2.30. The number of nitrogens with two attached hydrogens (primary N) is 1. The number of nitrogens with one attached hydrogen (secondary N) is 1. The number of hydrogen-bond donors (Lipinski definition) is 3. The van der Waals surface area contributed by atoms with Crippen LogP contribution in [0.3, 0.4) is 0 Å². The van der Waals surface area contributed by atoms with E-state index in [0.717, 1.165) is 0 Å². The molecule has 3 heterocycles. The van der Waals surface area contributed by atoms with Crippen molar-refractivity contribution in [1.82, 2.24) is 20.1 Å². The van der Waals surface area contributed by atoms with E-state index < -0.39 is 70.0 Å². The number of carbonyl (C=O) groups excluding carboxylic acids is 2. The van der Waals surface area contributed by atoms with Crippen LogP contribution in [0.1, 0.15) is 58.9 Å². The van der Waals surface area contributed by atoms with Crippen molar-refractivity contribution in [2.45, 2.75) is 43.0 Å². The zero-order valence-corrected chi connectivity index (χ0v) is 27.1. The van der Waals surface area contributed by atoms with Gasteiger partial charge in [0.1, 0.15) is 52.0 Å². The molecule has 51 heavy (non-hydrogen) atoms. The van der Waals surface area contributed by atoms with E-state index in [4.69, 9.17) is 15.2 Å². The molecular weight excluding hydrogens is 677 g/mol. The Morgan fingerprint density at radius 1 is 1.12 bits per heavy atom. The van der Waals surface area contributed by atoms with Crippen LogP contribution in [0.5, 0.6) is 11.5 Å². The standard InChI is InChI=1S/C36H30F5N5O5/c1-34(33(42)48)17-51-30-23(34)13-27(44-29(30)21-12-22(31(39)40)25(38)14-24(21)37)36(49,20-6-4-3-5-7-20)16-43-32(47)18-10-19-15-46(35(41)8-9-35)45-28(19)26(11-18)50-2/h3-7,10-15,31,49H,8-9,16-17H2,1-2H3,(H2,42,48)(H,43,47)/t34-,36+/m0/s1. The lowest BCUT2D eigenvalue weighted by atomic mass is 9.80. The van der Waals surface area contributed by atoms with Gasteiger partial charge in [0.15, 0.2) is 0 Å². The molecule has 1 aliphatic heterocycles. The number of fused-ring (bicyclic) bond motifs is 2. The molecule has 4 N–H and O–H groups in total. The number of nitrogens with zero attached hydrogens (tertiary/aromatic N) is 3. The Morgan fingerprint density at radius 2 is 1.84 bits per heavy atom. The summed E-state index contributed by atoms with van der Waals surface area (Å²) >= 11 is 0. The molecule has 0 saturated heterocycles. The SMILES string of the molecule is COc1cc(C(=O)NC[C@@](O)(c2ccccc2)c2cc3c(c(-c4cc(C(F)F)c(F)cc4F)n2)OC[C@]3(C)C(N)=O)cc2cn(C3(F)CC3)nc12. The van der Waals surface area contributed by atoms with Crippen LogP contribution >= 0.6 is 0 Å². The molecular formula is C36H30F5N5O5. The maximum atomic E-state index is 15.4. The second-order valence-corrected chi connectivity index (χ2v) is 12.9. The average molecular weight is 708 g/mol. The number of benzene rings is 3. The fourth-order valence-corrected chi connectivity index (χ4v) is 6.19. The molecule has 3 aromatic carbocycles. The Kier molecular flexibility index (Phi) is 8.00. The van der Waals surface area contributed by atoms with E-state index >= 15 is 4.39 Å². The van der Waals surface area contributed by atoms with Gasteiger partial charge in [-0.25, -0.2) is 31.6 Å². The lowest BCUT2D eigenvalue weighted by molar-refractivity contribution is -0.123. The second kappa shape index (κ2) is 12.0. The maximum Gasteiger partial charge on any atom is 0.266 e. The Hall–Kier alpha value is -5.57. The van der Waals surface area contributed by atoms with Gasteiger partial charge in [-0.1, -0.05) is 30.3 Å². The van der Waals surface area contributed by atoms with Crippen LogP contribution in [0.4, 0.5) is 22.0 Å². The summed E-state index contributed by atoms with van der Waals surface area (Å²) in [6.07, 6.45) is -1.23. The molecule has 1 aliphatic carbocycles. The van der Waals surface area contributed by atoms with E-state index in [-0.39, 0.29) is 46.6 Å². The van der Waals surface area contributed by atoms with Crippen LogP contribution in [0.25, 0.3) is 22.2 Å². The van der Waals surface area contributed by atoms with Crippen molar-refractivity contribution in [2.75, 3.05) is 20.3 Å². The van der Waals surface area contributed by atoms with Crippen molar-refractivity contribution in [3.8, 4) is 22.8 Å². The van der Waals surface area contributed by atoms with E-state index in [1.807, 2.05) is 0 Å². The number of aliphatic hydroxyl groups is 1. The van der Waals surface area contributed by atoms with Crippen molar-refractivity contribution in [3.63, 3.8) is 0 Å². The third kappa shape index (κ3) is 5.61. The molecule has 0 unspecified atom stereocenters. The molecule has 2 atom stereocenters. The predicted octanol–water partition coefficient (Wildman–Crippen LogP) is 5.54. The van der Waals surface area contributed by atoms with Crippen LogP contribution in [0.2, 0.25) is 0 Å². The van der Waals surface area contributed by atoms with Crippen LogP contribution in [0.15, 0.2) is 66.9 Å². The molecule has 2 aliphatic rings. The Balaban J connectivity index is 1.34. The number of ether oxygens (including phenoxy) is 2. The topological polar surface area (TPSA) is 142 Å². The number of rotatable bonds is 10. The molecule has 15 heteroatoms. The normalized spacial score (nSPS) is 18.6. The van der Waals surface area contributed by atoms with Gasteiger partial charge in [0, 0.05) is 47.2 Å². The summed E-state index contributed by atoms with van der Waals surface area (Å²) in [6, 6.07) is 13.1. The van der Waals surface area contributed by atoms with Gasteiger partial charge in [-0.3, -0.25) is 9.59 Å². The highest BCUT2D eigenvalue weighted by Crippen LogP contribution is 2.48. The molecule has 0 bridgehead atoms. The molecule has 5 aromatic rings. The number of carbonyl (C=O) groups is 2.